The molecule has 2 rings (SSSR count). The van der Waals surface area contributed by atoms with E-state index in [1.165, 1.54) is 24.0 Å². The first-order valence-electron chi connectivity index (χ1n) is 8.47. The highest BCUT2D eigenvalue weighted by atomic mass is 16.4. The number of hydrogen-bond donors (Lipinski definition) is 2. The summed E-state index contributed by atoms with van der Waals surface area (Å²) in [6, 6.07) is 5.97. The van der Waals surface area contributed by atoms with Crippen LogP contribution in [0.2, 0.25) is 0 Å². The third kappa shape index (κ3) is 4.81. The van der Waals surface area contributed by atoms with Crippen molar-refractivity contribution in [3.05, 3.63) is 35.4 Å². The second-order valence-corrected chi connectivity index (χ2v) is 6.36. The molecule has 0 radical (unpaired) electrons. The Morgan fingerprint density at radius 2 is 1.73 bits per heavy atom. The fourth-order valence-corrected chi connectivity index (χ4v) is 3.20. The van der Waals surface area contributed by atoms with Crippen LogP contribution < -0.4 is 5.73 Å². The third-order valence-corrected chi connectivity index (χ3v) is 4.55. The molecule has 8 heteroatoms. The molecule has 3 N–H and O–H groups in total. The first kappa shape index (κ1) is 19.4. The van der Waals surface area contributed by atoms with Gasteiger partial charge in [0.1, 0.15) is 6.54 Å². The zero-order chi connectivity index (χ0) is 19.3. The zero-order valence-electron chi connectivity index (χ0n) is 14.7. The number of amides is 3. The molecule has 26 heavy (non-hydrogen) atoms. The van der Waals surface area contributed by atoms with E-state index in [1.54, 1.807) is 17.0 Å². The summed E-state index contributed by atoms with van der Waals surface area (Å²) in [4.78, 5) is 49.6. The van der Waals surface area contributed by atoms with Crippen LogP contribution in [0.3, 0.4) is 0 Å². The molecule has 1 fully saturated rings. The number of carboxylic acid groups (broad SMARTS) is 1. The first-order valence-corrected chi connectivity index (χ1v) is 8.47. The van der Waals surface area contributed by atoms with Gasteiger partial charge in [-0.05, 0) is 43.5 Å². The van der Waals surface area contributed by atoms with E-state index in [2.05, 4.69) is 0 Å². The fraction of sp³-hybridized carbons (Fsp3) is 0.444. The lowest BCUT2D eigenvalue weighted by Gasteiger charge is -2.28. The molecule has 1 aromatic rings. The van der Waals surface area contributed by atoms with E-state index < -0.39 is 11.9 Å². The lowest BCUT2D eigenvalue weighted by molar-refractivity contribution is -0.145. The van der Waals surface area contributed by atoms with Gasteiger partial charge in [0, 0.05) is 37.2 Å². The van der Waals surface area contributed by atoms with Crippen LogP contribution in [0.15, 0.2) is 24.3 Å². The van der Waals surface area contributed by atoms with Crippen molar-refractivity contribution < 1.29 is 24.3 Å². The number of carbonyl (C=O) groups is 4. The molecule has 1 aromatic carbocycles. The van der Waals surface area contributed by atoms with Crippen LogP contribution in [-0.4, -0.2) is 64.3 Å². The molecule has 3 amide bonds. The van der Waals surface area contributed by atoms with E-state index >= 15 is 0 Å². The van der Waals surface area contributed by atoms with Gasteiger partial charge in [-0.25, -0.2) is 0 Å². The summed E-state index contributed by atoms with van der Waals surface area (Å²) in [5.41, 5.74) is 5.99. The van der Waals surface area contributed by atoms with Crippen LogP contribution in [0.5, 0.6) is 0 Å². The molecule has 1 aliphatic heterocycles. The number of carbonyl (C=O) groups excluding carboxylic acids is 3. The Morgan fingerprint density at radius 3 is 2.27 bits per heavy atom. The van der Waals surface area contributed by atoms with Crippen LogP contribution in [0.1, 0.15) is 46.9 Å². The predicted octanol–water partition coefficient (Wildman–Crippen LogP) is 0.713. The van der Waals surface area contributed by atoms with Gasteiger partial charge in [0.25, 0.3) is 5.91 Å². The maximum absolute atomic E-state index is 12.7. The standard InChI is InChI=1S/C18H23N3O5/c1-12(22)21(11-16(23)24)15-3-2-9-20(10-8-15)18(26)14-6-4-13(5-7-14)17(19)25/h4-7,15H,2-3,8-11H2,1H3,(H2,19,25)(H,23,24). The van der Waals surface area contributed by atoms with E-state index in [-0.39, 0.29) is 24.4 Å². The van der Waals surface area contributed by atoms with Crippen molar-refractivity contribution in [1.29, 1.82) is 0 Å². The molecule has 0 spiro atoms. The second-order valence-electron chi connectivity index (χ2n) is 6.36. The van der Waals surface area contributed by atoms with Crippen molar-refractivity contribution in [3.63, 3.8) is 0 Å². The number of hydrogen-bond acceptors (Lipinski definition) is 4. The molecule has 0 saturated carbocycles. The van der Waals surface area contributed by atoms with E-state index in [9.17, 15) is 19.2 Å². The van der Waals surface area contributed by atoms with E-state index in [1.807, 2.05) is 0 Å². The molecule has 0 bridgehead atoms. The Labute approximate surface area is 151 Å². The summed E-state index contributed by atoms with van der Waals surface area (Å²) in [7, 11) is 0. The maximum atomic E-state index is 12.7. The maximum Gasteiger partial charge on any atom is 0.323 e. The molecular weight excluding hydrogens is 338 g/mol. The zero-order valence-corrected chi connectivity index (χ0v) is 14.7. The molecular formula is C18H23N3O5. The quantitative estimate of drug-likeness (QED) is 0.800. The third-order valence-electron chi connectivity index (χ3n) is 4.55. The molecule has 8 nitrogen and oxygen atoms in total. The highest BCUT2D eigenvalue weighted by Gasteiger charge is 2.27. The van der Waals surface area contributed by atoms with Crippen molar-refractivity contribution in [2.75, 3.05) is 19.6 Å². The minimum absolute atomic E-state index is 0.158. The molecule has 1 heterocycles. The number of carboxylic acids is 1. The van der Waals surface area contributed by atoms with Crippen molar-refractivity contribution in [2.45, 2.75) is 32.2 Å². The van der Waals surface area contributed by atoms with Crippen molar-refractivity contribution in [3.8, 4) is 0 Å². The second kappa shape index (κ2) is 8.46. The van der Waals surface area contributed by atoms with Gasteiger partial charge in [-0.2, -0.15) is 0 Å². The smallest absolute Gasteiger partial charge is 0.323 e. The SMILES string of the molecule is CC(=O)N(CC(=O)O)C1CCCN(C(=O)c2ccc(C(N)=O)cc2)CC1. The topological polar surface area (TPSA) is 121 Å². The number of aliphatic carboxylic acids is 1. The highest BCUT2D eigenvalue weighted by Crippen LogP contribution is 2.19. The largest absolute Gasteiger partial charge is 0.480 e. The van der Waals surface area contributed by atoms with Crippen molar-refractivity contribution in [2.24, 2.45) is 5.73 Å². The van der Waals surface area contributed by atoms with Gasteiger partial charge in [0.2, 0.25) is 11.8 Å². The molecule has 1 atom stereocenters. The highest BCUT2D eigenvalue weighted by molar-refractivity contribution is 5.97. The average Bonchev–Trinajstić information content (AvgIpc) is 2.84. The Hall–Kier alpha value is -2.90. The van der Waals surface area contributed by atoms with Gasteiger partial charge in [-0.1, -0.05) is 0 Å². The molecule has 140 valence electrons. The molecule has 1 saturated heterocycles. The molecule has 1 unspecified atom stereocenters. The van der Waals surface area contributed by atoms with Gasteiger partial charge in [0.15, 0.2) is 0 Å². The van der Waals surface area contributed by atoms with Gasteiger partial charge in [-0.3, -0.25) is 19.2 Å². The number of nitrogens with zero attached hydrogens (tertiary/aromatic N) is 2. The van der Waals surface area contributed by atoms with Gasteiger partial charge >= 0.3 is 5.97 Å². The first-order chi connectivity index (χ1) is 12.3. The Balaban J connectivity index is 2.04. The fourth-order valence-electron chi connectivity index (χ4n) is 3.20. The molecule has 0 aliphatic carbocycles. The normalized spacial score (nSPS) is 17.3. The number of nitrogens with two attached hydrogens (primary N) is 1. The summed E-state index contributed by atoms with van der Waals surface area (Å²) < 4.78 is 0. The summed E-state index contributed by atoms with van der Waals surface area (Å²) in [5, 5.41) is 8.99. The van der Waals surface area contributed by atoms with E-state index in [0.717, 1.165) is 0 Å². The number of likely N-dealkylation sites (tertiary alicyclic amines) is 1. The number of primary amides is 1. The monoisotopic (exact) mass is 361 g/mol. The Morgan fingerprint density at radius 1 is 1.12 bits per heavy atom. The number of rotatable bonds is 5. The average molecular weight is 361 g/mol. The summed E-state index contributed by atoms with van der Waals surface area (Å²) in [5.74, 6) is -2.04. The minimum Gasteiger partial charge on any atom is -0.480 e. The summed E-state index contributed by atoms with van der Waals surface area (Å²) in [6.07, 6.45) is 1.86. The Kier molecular flexibility index (Phi) is 6.32. The Bertz CT molecular complexity index is 701. The van der Waals surface area contributed by atoms with Crippen molar-refractivity contribution >= 4 is 23.7 Å². The van der Waals surface area contributed by atoms with Crippen molar-refractivity contribution in [1.82, 2.24) is 9.80 Å². The van der Waals surface area contributed by atoms with Gasteiger partial charge < -0.3 is 20.6 Å². The van der Waals surface area contributed by atoms with Crippen LogP contribution in [0, 0.1) is 0 Å². The lowest BCUT2D eigenvalue weighted by Crippen LogP contribution is -2.43. The van der Waals surface area contributed by atoms with Crippen LogP contribution in [0.25, 0.3) is 0 Å². The van der Waals surface area contributed by atoms with Crippen LogP contribution in [-0.2, 0) is 9.59 Å². The van der Waals surface area contributed by atoms with Crippen LogP contribution >= 0.6 is 0 Å². The summed E-state index contributed by atoms with van der Waals surface area (Å²) in [6.45, 7) is 2.00. The minimum atomic E-state index is -1.05. The summed E-state index contributed by atoms with van der Waals surface area (Å²) >= 11 is 0. The van der Waals surface area contributed by atoms with Gasteiger partial charge in [-0.15, -0.1) is 0 Å². The van der Waals surface area contributed by atoms with Crippen LogP contribution in [0.4, 0.5) is 0 Å². The van der Waals surface area contributed by atoms with E-state index in [4.69, 9.17) is 10.8 Å². The lowest BCUT2D eigenvalue weighted by atomic mass is 10.1. The molecule has 1 aliphatic rings. The number of benzene rings is 1. The van der Waals surface area contributed by atoms with E-state index in [0.29, 0.717) is 43.5 Å². The van der Waals surface area contributed by atoms with Gasteiger partial charge in [0.05, 0.1) is 0 Å². The predicted molar refractivity (Wildman–Crippen MR) is 93.5 cm³/mol. The molecule has 0 aromatic heterocycles.